The molecule has 17 heavy (non-hydrogen) atoms. The number of likely N-dealkylation sites (N-methyl/N-ethyl adjacent to an activating group) is 2. The molecule has 0 aromatic heterocycles. The monoisotopic (exact) mass is 243 g/mol. The van der Waals surface area contributed by atoms with Crippen LogP contribution in [-0.4, -0.2) is 75.1 Å². The van der Waals surface area contributed by atoms with Crippen molar-refractivity contribution in [3.8, 4) is 0 Å². The highest BCUT2D eigenvalue weighted by atomic mass is 16.5. The summed E-state index contributed by atoms with van der Waals surface area (Å²) in [5, 5.41) is 2.62. The van der Waals surface area contributed by atoms with E-state index >= 15 is 0 Å². The van der Waals surface area contributed by atoms with E-state index in [9.17, 15) is 9.59 Å². The number of carbonyl (C=O) groups is 2. The fourth-order valence-electron chi connectivity index (χ4n) is 1.90. The standard InChI is InChI=1S/C11H21N3O3/c1-12-11(16)9-8-14(6-5-13(9)2)10(15)4-7-17-3/h9H,4-8H2,1-3H3,(H,12,16)/t9-/m0/s1. The highest BCUT2D eigenvalue weighted by molar-refractivity contribution is 5.83. The third-order valence-electron chi connectivity index (χ3n) is 3.07. The van der Waals surface area contributed by atoms with Crippen molar-refractivity contribution in [1.29, 1.82) is 0 Å². The first kappa shape index (κ1) is 13.9. The zero-order chi connectivity index (χ0) is 12.8. The molecule has 2 amide bonds. The summed E-state index contributed by atoms with van der Waals surface area (Å²) in [5.74, 6) is 0.00518. The lowest BCUT2D eigenvalue weighted by atomic mass is 10.1. The van der Waals surface area contributed by atoms with E-state index in [0.29, 0.717) is 26.1 Å². The fourth-order valence-corrected chi connectivity index (χ4v) is 1.90. The first-order chi connectivity index (χ1) is 8.10. The van der Waals surface area contributed by atoms with Crippen LogP contribution in [0.1, 0.15) is 6.42 Å². The Morgan fingerprint density at radius 3 is 2.71 bits per heavy atom. The highest BCUT2D eigenvalue weighted by Crippen LogP contribution is 2.09. The van der Waals surface area contributed by atoms with Gasteiger partial charge in [0.15, 0.2) is 0 Å². The summed E-state index contributed by atoms with van der Waals surface area (Å²) in [5.41, 5.74) is 0. The van der Waals surface area contributed by atoms with Gasteiger partial charge in [-0.2, -0.15) is 0 Å². The number of carbonyl (C=O) groups excluding carboxylic acids is 2. The van der Waals surface area contributed by atoms with Crippen LogP contribution in [0, 0.1) is 0 Å². The third kappa shape index (κ3) is 3.67. The molecule has 0 spiro atoms. The minimum absolute atomic E-state index is 0.0447. The van der Waals surface area contributed by atoms with Crippen LogP contribution in [0.3, 0.4) is 0 Å². The first-order valence-corrected chi connectivity index (χ1v) is 5.78. The Balaban J connectivity index is 2.54. The predicted octanol–water partition coefficient (Wildman–Crippen LogP) is -1.09. The highest BCUT2D eigenvalue weighted by Gasteiger charge is 2.31. The lowest BCUT2D eigenvalue weighted by molar-refractivity contribution is -0.138. The van der Waals surface area contributed by atoms with Crippen LogP contribution in [0.5, 0.6) is 0 Å². The molecule has 0 unspecified atom stereocenters. The maximum Gasteiger partial charge on any atom is 0.238 e. The Morgan fingerprint density at radius 2 is 2.12 bits per heavy atom. The Bertz CT molecular complexity index is 283. The summed E-state index contributed by atoms with van der Waals surface area (Å²) in [7, 11) is 5.09. The van der Waals surface area contributed by atoms with E-state index in [-0.39, 0.29) is 17.9 Å². The molecule has 0 aromatic rings. The van der Waals surface area contributed by atoms with Gasteiger partial charge in [0, 0.05) is 33.8 Å². The Labute approximate surface area is 102 Å². The first-order valence-electron chi connectivity index (χ1n) is 5.78. The molecule has 1 N–H and O–H groups in total. The van der Waals surface area contributed by atoms with Crippen LogP contribution in [0.25, 0.3) is 0 Å². The zero-order valence-electron chi connectivity index (χ0n) is 10.7. The number of ether oxygens (including phenoxy) is 1. The van der Waals surface area contributed by atoms with Gasteiger partial charge >= 0.3 is 0 Å². The molecule has 1 saturated heterocycles. The number of hydrogen-bond acceptors (Lipinski definition) is 4. The minimum atomic E-state index is -0.250. The molecule has 98 valence electrons. The summed E-state index contributed by atoms with van der Waals surface area (Å²) in [6.45, 7) is 2.28. The zero-order valence-corrected chi connectivity index (χ0v) is 10.7. The third-order valence-corrected chi connectivity index (χ3v) is 3.07. The van der Waals surface area contributed by atoms with Gasteiger partial charge in [-0.05, 0) is 7.05 Å². The van der Waals surface area contributed by atoms with Gasteiger partial charge in [0.2, 0.25) is 11.8 Å². The second-order valence-corrected chi connectivity index (χ2v) is 4.19. The van der Waals surface area contributed by atoms with Crippen molar-refractivity contribution in [3.05, 3.63) is 0 Å². The molecule has 0 aromatic carbocycles. The quantitative estimate of drug-likeness (QED) is 0.681. The van der Waals surface area contributed by atoms with Crippen molar-refractivity contribution < 1.29 is 14.3 Å². The van der Waals surface area contributed by atoms with Gasteiger partial charge in [-0.1, -0.05) is 0 Å². The maximum absolute atomic E-state index is 11.8. The van der Waals surface area contributed by atoms with Crippen molar-refractivity contribution in [3.63, 3.8) is 0 Å². The topological polar surface area (TPSA) is 61.9 Å². The van der Waals surface area contributed by atoms with Crippen LogP contribution in [0.15, 0.2) is 0 Å². The molecular formula is C11H21N3O3. The summed E-state index contributed by atoms with van der Waals surface area (Å²) < 4.78 is 4.88. The van der Waals surface area contributed by atoms with Gasteiger partial charge < -0.3 is 15.0 Å². The molecule has 0 aliphatic carbocycles. The summed E-state index contributed by atoms with van der Waals surface area (Å²) >= 11 is 0. The number of piperazine rings is 1. The second kappa shape index (κ2) is 6.56. The Hall–Kier alpha value is -1.14. The molecule has 1 aliphatic rings. The van der Waals surface area contributed by atoms with Crippen LogP contribution in [0.2, 0.25) is 0 Å². The number of nitrogens with one attached hydrogen (secondary N) is 1. The normalized spacial score (nSPS) is 21.4. The van der Waals surface area contributed by atoms with Gasteiger partial charge in [-0.3, -0.25) is 14.5 Å². The Morgan fingerprint density at radius 1 is 1.41 bits per heavy atom. The van der Waals surface area contributed by atoms with E-state index in [0.717, 1.165) is 6.54 Å². The molecule has 6 heteroatoms. The smallest absolute Gasteiger partial charge is 0.238 e. The van der Waals surface area contributed by atoms with Crippen LogP contribution in [-0.2, 0) is 14.3 Å². The van der Waals surface area contributed by atoms with E-state index < -0.39 is 0 Å². The van der Waals surface area contributed by atoms with Crippen molar-refractivity contribution in [1.82, 2.24) is 15.1 Å². The molecule has 0 radical (unpaired) electrons. The van der Waals surface area contributed by atoms with Crippen LogP contribution >= 0.6 is 0 Å². The predicted molar refractivity (Wildman–Crippen MR) is 63.6 cm³/mol. The van der Waals surface area contributed by atoms with Gasteiger partial charge in [-0.25, -0.2) is 0 Å². The molecule has 6 nitrogen and oxygen atoms in total. The summed E-state index contributed by atoms with van der Waals surface area (Å²) in [6.07, 6.45) is 0.376. The van der Waals surface area contributed by atoms with Gasteiger partial charge in [0.1, 0.15) is 6.04 Å². The minimum Gasteiger partial charge on any atom is -0.384 e. The Kier molecular flexibility index (Phi) is 5.37. The van der Waals surface area contributed by atoms with Crippen LogP contribution < -0.4 is 5.32 Å². The van der Waals surface area contributed by atoms with Crippen LogP contribution in [0.4, 0.5) is 0 Å². The molecule has 1 atom stereocenters. The van der Waals surface area contributed by atoms with Crippen molar-refractivity contribution >= 4 is 11.8 Å². The van der Waals surface area contributed by atoms with Crippen molar-refractivity contribution in [2.75, 3.05) is 47.4 Å². The number of rotatable bonds is 4. The maximum atomic E-state index is 11.8. The number of amides is 2. The molecule has 1 fully saturated rings. The van der Waals surface area contributed by atoms with Crippen molar-refractivity contribution in [2.24, 2.45) is 0 Å². The average Bonchev–Trinajstić information content (AvgIpc) is 2.35. The van der Waals surface area contributed by atoms with Gasteiger partial charge in [0.25, 0.3) is 0 Å². The van der Waals surface area contributed by atoms with E-state index in [1.807, 2.05) is 11.9 Å². The lowest BCUT2D eigenvalue weighted by Gasteiger charge is -2.38. The van der Waals surface area contributed by atoms with E-state index in [1.54, 1.807) is 19.1 Å². The molecule has 1 heterocycles. The summed E-state index contributed by atoms with van der Waals surface area (Å²) in [4.78, 5) is 27.2. The fraction of sp³-hybridized carbons (Fsp3) is 0.818. The SMILES string of the molecule is CNC(=O)[C@@H]1CN(C(=O)CCOC)CCN1C. The second-order valence-electron chi connectivity index (χ2n) is 4.19. The van der Waals surface area contributed by atoms with Gasteiger partial charge in [0.05, 0.1) is 13.0 Å². The van der Waals surface area contributed by atoms with E-state index in [2.05, 4.69) is 5.32 Å². The largest absolute Gasteiger partial charge is 0.384 e. The summed E-state index contributed by atoms with van der Waals surface area (Å²) in [6, 6.07) is -0.250. The molecule has 1 rings (SSSR count). The van der Waals surface area contributed by atoms with E-state index in [1.165, 1.54) is 0 Å². The molecular weight excluding hydrogens is 222 g/mol. The van der Waals surface area contributed by atoms with Gasteiger partial charge in [-0.15, -0.1) is 0 Å². The number of nitrogens with zero attached hydrogens (tertiary/aromatic N) is 2. The van der Waals surface area contributed by atoms with Crippen molar-refractivity contribution in [2.45, 2.75) is 12.5 Å². The lowest BCUT2D eigenvalue weighted by Crippen LogP contribution is -2.58. The van der Waals surface area contributed by atoms with E-state index in [4.69, 9.17) is 4.74 Å². The number of methoxy groups -OCH3 is 1. The molecule has 0 saturated carbocycles. The average molecular weight is 243 g/mol. The molecule has 0 bridgehead atoms. The molecule has 1 aliphatic heterocycles. The number of hydrogen-bond donors (Lipinski definition) is 1.